The van der Waals surface area contributed by atoms with Crippen LogP contribution >= 0.6 is 11.3 Å². The minimum atomic E-state index is -0.850. The van der Waals surface area contributed by atoms with Crippen LogP contribution in [0.1, 0.15) is 57.6 Å². The molecule has 1 aromatic rings. The largest absolute Gasteiger partial charge is 0.389 e. The van der Waals surface area contributed by atoms with Crippen molar-refractivity contribution >= 4 is 17.2 Å². The molecule has 2 heterocycles. The number of thiophene rings is 1. The molecule has 5 heteroatoms. The predicted molar refractivity (Wildman–Crippen MR) is 89.0 cm³/mol. The maximum atomic E-state index is 12.6. The standard InChI is InChI=1S/C17H27NO3S/c1-3-6-17(20,7-4-2)11-16(19)18-8-9-21-15(12-18)14-5-10-22-13-14/h5,10,13,15,20H,3-4,6-9,11-12H2,1-2H3. The normalized spacial score (nSPS) is 19.4. The van der Waals surface area contributed by atoms with E-state index in [1.54, 1.807) is 11.3 Å². The number of carbonyl (C=O) groups is 1. The van der Waals surface area contributed by atoms with Gasteiger partial charge >= 0.3 is 0 Å². The van der Waals surface area contributed by atoms with Gasteiger partial charge in [-0.2, -0.15) is 11.3 Å². The molecule has 0 saturated carbocycles. The Labute approximate surface area is 137 Å². The molecule has 0 aliphatic carbocycles. The molecule has 1 aliphatic heterocycles. The zero-order valence-electron chi connectivity index (χ0n) is 13.6. The lowest BCUT2D eigenvalue weighted by Gasteiger charge is -2.35. The van der Waals surface area contributed by atoms with E-state index < -0.39 is 5.60 Å². The van der Waals surface area contributed by atoms with Crippen molar-refractivity contribution in [2.45, 2.75) is 57.7 Å². The van der Waals surface area contributed by atoms with Gasteiger partial charge in [-0.25, -0.2) is 0 Å². The average molecular weight is 325 g/mol. The first kappa shape index (κ1) is 17.4. The van der Waals surface area contributed by atoms with Crippen LogP contribution in [0, 0.1) is 0 Å². The van der Waals surface area contributed by atoms with Crippen molar-refractivity contribution < 1.29 is 14.6 Å². The first-order chi connectivity index (χ1) is 10.6. The van der Waals surface area contributed by atoms with Crippen molar-refractivity contribution in [3.63, 3.8) is 0 Å². The summed E-state index contributed by atoms with van der Waals surface area (Å²) in [5, 5.41) is 14.8. The number of hydrogen-bond donors (Lipinski definition) is 1. The highest BCUT2D eigenvalue weighted by Gasteiger charge is 2.32. The van der Waals surface area contributed by atoms with E-state index in [0.29, 0.717) is 32.5 Å². The van der Waals surface area contributed by atoms with Crippen LogP contribution in [-0.2, 0) is 9.53 Å². The van der Waals surface area contributed by atoms with Crippen molar-refractivity contribution in [2.75, 3.05) is 19.7 Å². The number of nitrogens with zero attached hydrogens (tertiary/aromatic N) is 1. The van der Waals surface area contributed by atoms with Crippen LogP contribution in [-0.4, -0.2) is 41.2 Å². The lowest BCUT2D eigenvalue weighted by atomic mass is 9.88. The quantitative estimate of drug-likeness (QED) is 0.836. The number of morpholine rings is 1. The number of carbonyl (C=O) groups excluding carboxylic acids is 1. The lowest BCUT2D eigenvalue weighted by Crippen LogP contribution is -2.45. The molecule has 22 heavy (non-hydrogen) atoms. The second-order valence-corrected chi connectivity index (χ2v) is 6.94. The Morgan fingerprint density at radius 1 is 1.45 bits per heavy atom. The summed E-state index contributed by atoms with van der Waals surface area (Å²) in [6, 6.07) is 2.05. The summed E-state index contributed by atoms with van der Waals surface area (Å²) in [5.41, 5.74) is 0.288. The van der Waals surface area contributed by atoms with Gasteiger partial charge in [0.15, 0.2) is 0 Å². The summed E-state index contributed by atoms with van der Waals surface area (Å²) < 4.78 is 5.78. The van der Waals surface area contributed by atoms with Gasteiger partial charge < -0.3 is 14.7 Å². The molecule has 1 amide bonds. The molecule has 1 atom stereocenters. The highest BCUT2D eigenvalue weighted by Crippen LogP contribution is 2.28. The molecule has 0 aromatic carbocycles. The van der Waals surface area contributed by atoms with E-state index in [1.807, 2.05) is 30.2 Å². The SMILES string of the molecule is CCCC(O)(CCC)CC(=O)N1CCOC(c2ccsc2)C1. The Bertz CT molecular complexity index is 454. The van der Waals surface area contributed by atoms with Gasteiger partial charge in [0.25, 0.3) is 0 Å². The molecular formula is C17H27NO3S. The Morgan fingerprint density at radius 2 is 2.18 bits per heavy atom. The molecule has 1 unspecified atom stereocenters. The summed E-state index contributed by atoms with van der Waals surface area (Å²) >= 11 is 1.64. The van der Waals surface area contributed by atoms with Crippen LogP contribution in [0.25, 0.3) is 0 Å². The Balaban J connectivity index is 1.96. The Hall–Kier alpha value is -0.910. The minimum absolute atomic E-state index is 0.0330. The molecule has 1 fully saturated rings. The van der Waals surface area contributed by atoms with E-state index in [-0.39, 0.29) is 18.4 Å². The third-order valence-corrected chi connectivity index (χ3v) is 4.95. The second kappa shape index (κ2) is 8.09. The number of amides is 1. The van der Waals surface area contributed by atoms with Crippen LogP contribution in [0.3, 0.4) is 0 Å². The van der Waals surface area contributed by atoms with Crippen molar-refractivity contribution in [1.82, 2.24) is 4.90 Å². The molecule has 0 radical (unpaired) electrons. The fraction of sp³-hybridized carbons (Fsp3) is 0.706. The van der Waals surface area contributed by atoms with Gasteiger partial charge in [-0.3, -0.25) is 4.79 Å². The van der Waals surface area contributed by atoms with Gasteiger partial charge in [-0.1, -0.05) is 26.7 Å². The monoisotopic (exact) mass is 325 g/mol. The lowest BCUT2D eigenvalue weighted by molar-refractivity contribution is -0.144. The molecule has 1 aromatic heterocycles. The van der Waals surface area contributed by atoms with Crippen LogP contribution in [0.15, 0.2) is 16.8 Å². The van der Waals surface area contributed by atoms with Crippen LogP contribution in [0.2, 0.25) is 0 Å². The van der Waals surface area contributed by atoms with Crippen LogP contribution in [0.5, 0.6) is 0 Å². The molecular weight excluding hydrogens is 298 g/mol. The van der Waals surface area contributed by atoms with Crippen molar-refractivity contribution in [2.24, 2.45) is 0 Å². The number of aliphatic hydroxyl groups is 1. The van der Waals surface area contributed by atoms with Gasteiger partial charge in [0.2, 0.25) is 5.91 Å². The molecule has 4 nitrogen and oxygen atoms in total. The average Bonchev–Trinajstić information content (AvgIpc) is 3.02. The number of rotatable bonds is 7. The van der Waals surface area contributed by atoms with E-state index in [1.165, 1.54) is 0 Å². The molecule has 1 N–H and O–H groups in total. The van der Waals surface area contributed by atoms with E-state index in [4.69, 9.17) is 4.74 Å². The van der Waals surface area contributed by atoms with Gasteiger partial charge in [0.05, 0.1) is 25.2 Å². The third-order valence-electron chi connectivity index (χ3n) is 4.25. The summed E-state index contributed by atoms with van der Waals surface area (Å²) in [6.45, 7) is 5.86. The maximum Gasteiger partial charge on any atom is 0.225 e. The molecule has 0 bridgehead atoms. The van der Waals surface area contributed by atoms with E-state index in [0.717, 1.165) is 18.4 Å². The zero-order valence-corrected chi connectivity index (χ0v) is 14.4. The molecule has 0 spiro atoms. The summed E-state index contributed by atoms with van der Waals surface area (Å²) in [5.74, 6) is 0.0490. The molecule has 1 saturated heterocycles. The molecule has 1 aliphatic rings. The third kappa shape index (κ3) is 4.54. The van der Waals surface area contributed by atoms with Gasteiger partial charge in [-0.05, 0) is 35.2 Å². The zero-order chi connectivity index (χ0) is 16.0. The molecule has 2 rings (SSSR count). The summed E-state index contributed by atoms with van der Waals surface area (Å²) in [6.07, 6.45) is 3.35. The Morgan fingerprint density at radius 3 is 2.77 bits per heavy atom. The van der Waals surface area contributed by atoms with E-state index in [9.17, 15) is 9.90 Å². The highest BCUT2D eigenvalue weighted by atomic mass is 32.1. The summed E-state index contributed by atoms with van der Waals surface area (Å²) in [4.78, 5) is 14.4. The van der Waals surface area contributed by atoms with Crippen LogP contribution in [0.4, 0.5) is 0 Å². The van der Waals surface area contributed by atoms with Crippen molar-refractivity contribution in [3.8, 4) is 0 Å². The first-order valence-corrected chi connectivity index (χ1v) is 9.16. The Kier molecular flexibility index (Phi) is 6.41. The number of ether oxygens (including phenoxy) is 1. The predicted octanol–water partition coefficient (Wildman–Crippen LogP) is 3.37. The van der Waals surface area contributed by atoms with Crippen molar-refractivity contribution in [3.05, 3.63) is 22.4 Å². The fourth-order valence-corrected chi connectivity index (χ4v) is 3.86. The van der Waals surface area contributed by atoms with Gasteiger partial charge in [0, 0.05) is 6.54 Å². The van der Waals surface area contributed by atoms with E-state index in [2.05, 4.69) is 5.38 Å². The fourth-order valence-electron chi connectivity index (χ4n) is 3.16. The topological polar surface area (TPSA) is 49.8 Å². The van der Waals surface area contributed by atoms with Gasteiger partial charge in [-0.15, -0.1) is 0 Å². The van der Waals surface area contributed by atoms with Gasteiger partial charge in [0.1, 0.15) is 6.10 Å². The highest BCUT2D eigenvalue weighted by molar-refractivity contribution is 7.07. The second-order valence-electron chi connectivity index (χ2n) is 6.16. The first-order valence-electron chi connectivity index (χ1n) is 8.22. The smallest absolute Gasteiger partial charge is 0.225 e. The molecule has 124 valence electrons. The van der Waals surface area contributed by atoms with E-state index >= 15 is 0 Å². The minimum Gasteiger partial charge on any atom is -0.389 e. The summed E-state index contributed by atoms with van der Waals surface area (Å²) in [7, 11) is 0. The number of hydrogen-bond acceptors (Lipinski definition) is 4. The van der Waals surface area contributed by atoms with Crippen LogP contribution < -0.4 is 0 Å². The van der Waals surface area contributed by atoms with Crippen molar-refractivity contribution in [1.29, 1.82) is 0 Å². The maximum absolute atomic E-state index is 12.6.